The summed E-state index contributed by atoms with van der Waals surface area (Å²) in [5, 5.41) is 5.62. The molecule has 10 heteroatoms. The van der Waals surface area contributed by atoms with E-state index in [0.29, 0.717) is 30.2 Å². The van der Waals surface area contributed by atoms with E-state index in [9.17, 15) is 18.0 Å². The van der Waals surface area contributed by atoms with Crippen LogP contribution < -0.4 is 10.6 Å². The zero-order valence-electron chi connectivity index (χ0n) is 13.5. The van der Waals surface area contributed by atoms with Crippen molar-refractivity contribution in [2.45, 2.75) is 33.0 Å². The largest absolute Gasteiger partial charge is 0.433 e. The van der Waals surface area contributed by atoms with Gasteiger partial charge in [-0.05, 0) is 26.3 Å². The Bertz CT molecular complexity index is 837. The molecule has 2 N–H and O–H groups in total. The van der Waals surface area contributed by atoms with Crippen LogP contribution in [0.25, 0.3) is 0 Å². The summed E-state index contributed by atoms with van der Waals surface area (Å²) in [6.07, 6.45) is -4.00. The lowest BCUT2D eigenvalue weighted by Crippen LogP contribution is -2.34. The zero-order valence-corrected chi connectivity index (χ0v) is 13.5. The first-order chi connectivity index (χ1) is 11.7. The van der Waals surface area contributed by atoms with Gasteiger partial charge in [0.05, 0.1) is 6.54 Å². The second kappa shape index (κ2) is 6.26. The summed E-state index contributed by atoms with van der Waals surface area (Å²) in [7, 11) is 0. The summed E-state index contributed by atoms with van der Waals surface area (Å²) in [5.41, 5.74) is 0.150. The highest BCUT2D eigenvalue weighted by atomic mass is 19.4. The van der Waals surface area contributed by atoms with Crippen LogP contribution in [0.3, 0.4) is 0 Å². The molecule has 1 aliphatic rings. The van der Waals surface area contributed by atoms with E-state index >= 15 is 0 Å². The number of nitrogens with zero attached hydrogens (tertiary/aromatic N) is 4. The fourth-order valence-electron chi connectivity index (χ4n) is 2.57. The van der Waals surface area contributed by atoms with Crippen LogP contribution in [-0.4, -0.2) is 32.4 Å². The molecule has 132 valence electrons. The van der Waals surface area contributed by atoms with Crippen molar-refractivity contribution in [3.05, 3.63) is 40.4 Å². The van der Waals surface area contributed by atoms with Crippen LogP contribution in [0.2, 0.25) is 0 Å². The molecule has 0 saturated carbocycles. The lowest BCUT2D eigenvalue weighted by atomic mass is 10.1. The Balaban J connectivity index is 1.88. The lowest BCUT2D eigenvalue weighted by molar-refractivity contribution is -0.141. The molecule has 2 aromatic rings. The molecular weight excluding hydrogens is 337 g/mol. The molecule has 0 bridgehead atoms. The van der Waals surface area contributed by atoms with Crippen molar-refractivity contribution in [1.29, 1.82) is 0 Å². The first-order valence-corrected chi connectivity index (χ1v) is 7.55. The van der Waals surface area contributed by atoms with E-state index in [0.717, 1.165) is 6.07 Å². The second-order valence-electron chi connectivity index (χ2n) is 5.61. The maximum absolute atomic E-state index is 12.9. The first-order valence-electron chi connectivity index (χ1n) is 7.55. The van der Waals surface area contributed by atoms with Crippen molar-refractivity contribution in [3.63, 3.8) is 0 Å². The SMILES string of the molecule is Cc1cc(C(F)(F)F)nc(CNc2nc(C)nc3c2CCNC3=O)n1. The molecule has 3 heterocycles. The summed E-state index contributed by atoms with van der Waals surface area (Å²) < 4.78 is 38.6. The fourth-order valence-corrected chi connectivity index (χ4v) is 2.57. The average Bonchev–Trinajstić information content (AvgIpc) is 2.52. The van der Waals surface area contributed by atoms with Gasteiger partial charge in [-0.15, -0.1) is 0 Å². The molecule has 1 amide bonds. The van der Waals surface area contributed by atoms with Gasteiger partial charge >= 0.3 is 6.18 Å². The highest BCUT2D eigenvalue weighted by Crippen LogP contribution is 2.28. The van der Waals surface area contributed by atoms with Gasteiger partial charge < -0.3 is 10.6 Å². The normalized spacial score (nSPS) is 14.0. The number of amides is 1. The predicted octanol–water partition coefficient (Wildman–Crippen LogP) is 1.80. The van der Waals surface area contributed by atoms with Crippen LogP contribution in [0.4, 0.5) is 19.0 Å². The molecule has 0 aromatic carbocycles. The number of carbonyl (C=O) groups excluding carboxylic acids is 1. The topological polar surface area (TPSA) is 92.7 Å². The number of carbonyl (C=O) groups is 1. The van der Waals surface area contributed by atoms with E-state index in [1.54, 1.807) is 6.92 Å². The van der Waals surface area contributed by atoms with Gasteiger partial charge in [-0.1, -0.05) is 0 Å². The number of aromatic nitrogens is 4. The van der Waals surface area contributed by atoms with Crippen LogP contribution in [0.5, 0.6) is 0 Å². The Morgan fingerprint density at radius 3 is 2.68 bits per heavy atom. The zero-order chi connectivity index (χ0) is 18.2. The van der Waals surface area contributed by atoms with Crippen LogP contribution in [0, 0.1) is 13.8 Å². The van der Waals surface area contributed by atoms with Crippen molar-refractivity contribution < 1.29 is 18.0 Å². The molecule has 0 unspecified atom stereocenters. The number of rotatable bonds is 3. The maximum Gasteiger partial charge on any atom is 0.433 e. The predicted molar refractivity (Wildman–Crippen MR) is 81.9 cm³/mol. The quantitative estimate of drug-likeness (QED) is 0.875. The minimum absolute atomic E-state index is 0.00222. The fraction of sp³-hybridized carbons (Fsp3) is 0.400. The van der Waals surface area contributed by atoms with Crippen molar-refractivity contribution in [2.75, 3.05) is 11.9 Å². The number of hydrogen-bond acceptors (Lipinski definition) is 6. The van der Waals surface area contributed by atoms with Gasteiger partial charge in [0.15, 0.2) is 0 Å². The van der Waals surface area contributed by atoms with E-state index in [2.05, 4.69) is 30.6 Å². The smallest absolute Gasteiger partial charge is 0.362 e. The standard InChI is InChI=1S/C15H15F3N6O/c1-7-5-10(15(16,17)18)24-11(21-7)6-20-13-9-3-4-19-14(25)12(9)22-8(2)23-13/h5H,3-4,6H2,1-2H3,(H,19,25)(H,20,22,23). The Labute approximate surface area is 141 Å². The molecule has 3 rings (SSSR count). The van der Waals surface area contributed by atoms with E-state index in [1.807, 2.05) is 0 Å². The Hall–Kier alpha value is -2.78. The number of halogens is 3. The van der Waals surface area contributed by atoms with Gasteiger partial charge in [0.25, 0.3) is 5.91 Å². The van der Waals surface area contributed by atoms with Crippen LogP contribution in [-0.2, 0) is 19.1 Å². The van der Waals surface area contributed by atoms with Gasteiger partial charge in [0, 0.05) is 17.8 Å². The maximum atomic E-state index is 12.9. The molecule has 2 aromatic heterocycles. The summed E-state index contributed by atoms with van der Waals surface area (Å²) in [5.74, 6) is 0.508. The van der Waals surface area contributed by atoms with Crippen LogP contribution >= 0.6 is 0 Å². The van der Waals surface area contributed by atoms with Crippen LogP contribution in [0.1, 0.15) is 39.1 Å². The molecule has 25 heavy (non-hydrogen) atoms. The monoisotopic (exact) mass is 352 g/mol. The van der Waals surface area contributed by atoms with Gasteiger partial charge in [-0.3, -0.25) is 4.79 Å². The number of nitrogens with one attached hydrogen (secondary N) is 2. The summed E-state index contributed by atoms with van der Waals surface area (Å²) >= 11 is 0. The molecular formula is C15H15F3N6O. The van der Waals surface area contributed by atoms with Gasteiger partial charge in [0.1, 0.15) is 28.9 Å². The molecule has 0 spiro atoms. The van der Waals surface area contributed by atoms with Crippen LogP contribution in [0.15, 0.2) is 6.07 Å². The third kappa shape index (κ3) is 3.67. The molecule has 0 fully saturated rings. The summed E-state index contributed by atoms with van der Waals surface area (Å²) in [4.78, 5) is 27.8. The highest BCUT2D eigenvalue weighted by Gasteiger charge is 2.33. The van der Waals surface area contributed by atoms with Gasteiger partial charge in [-0.2, -0.15) is 13.2 Å². The van der Waals surface area contributed by atoms with E-state index in [-0.39, 0.29) is 29.7 Å². The van der Waals surface area contributed by atoms with Crippen molar-refractivity contribution in [2.24, 2.45) is 0 Å². The molecule has 0 atom stereocenters. The van der Waals surface area contributed by atoms with E-state index < -0.39 is 11.9 Å². The van der Waals surface area contributed by atoms with Crippen molar-refractivity contribution >= 4 is 11.7 Å². The van der Waals surface area contributed by atoms with Gasteiger partial charge in [0.2, 0.25) is 0 Å². The number of fused-ring (bicyclic) bond motifs is 1. The second-order valence-corrected chi connectivity index (χ2v) is 5.61. The molecule has 0 radical (unpaired) electrons. The molecule has 7 nitrogen and oxygen atoms in total. The highest BCUT2D eigenvalue weighted by molar-refractivity contribution is 5.95. The average molecular weight is 352 g/mol. The number of hydrogen-bond donors (Lipinski definition) is 2. The third-order valence-electron chi connectivity index (χ3n) is 3.60. The van der Waals surface area contributed by atoms with Gasteiger partial charge in [-0.25, -0.2) is 19.9 Å². The molecule has 0 saturated heterocycles. The third-order valence-corrected chi connectivity index (χ3v) is 3.60. The van der Waals surface area contributed by atoms with E-state index in [1.165, 1.54) is 6.92 Å². The Kier molecular flexibility index (Phi) is 4.27. The summed E-state index contributed by atoms with van der Waals surface area (Å²) in [6.45, 7) is 3.51. The number of alkyl halides is 3. The van der Waals surface area contributed by atoms with Crippen molar-refractivity contribution in [3.8, 4) is 0 Å². The van der Waals surface area contributed by atoms with E-state index in [4.69, 9.17) is 0 Å². The lowest BCUT2D eigenvalue weighted by Gasteiger charge is -2.19. The first kappa shape index (κ1) is 17.1. The molecule has 1 aliphatic heterocycles. The summed E-state index contributed by atoms with van der Waals surface area (Å²) in [6, 6.07) is 0.893. The number of aryl methyl sites for hydroxylation is 2. The number of anilines is 1. The Morgan fingerprint density at radius 2 is 1.96 bits per heavy atom. The Morgan fingerprint density at radius 1 is 1.20 bits per heavy atom. The molecule has 0 aliphatic carbocycles. The van der Waals surface area contributed by atoms with Crippen molar-refractivity contribution in [1.82, 2.24) is 25.3 Å². The minimum atomic E-state index is -4.54. The minimum Gasteiger partial charge on any atom is -0.362 e.